The van der Waals surface area contributed by atoms with Gasteiger partial charge in [-0.1, -0.05) is 24.3 Å². The molecule has 1 heterocycles. The molecule has 1 aliphatic rings. The van der Waals surface area contributed by atoms with Crippen LogP contribution in [0.5, 0.6) is 0 Å². The molecule has 1 atom stereocenters. The minimum absolute atomic E-state index is 0.751. The quantitative estimate of drug-likeness (QED) is 0.878. The van der Waals surface area contributed by atoms with E-state index in [1.807, 2.05) is 29.0 Å². The molecule has 18 heavy (non-hydrogen) atoms. The van der Waals surface area contributed by atoms with Crippen LogP contribution < -0.4 is 0 Å². The Balaban J connectivity index is 2.17. The van der Waals surface area contributed by atoms with Gasteiger partial charge in [-0.3, -0.25) is 0 Å². The Labute approximate surface area is 107 Å². The number of hydrogen-bond donors (Lipinski definition) is 1. The first-order valence-corrected chi connectivity index (χ1v) is 6.58. The lowest BCUT2D eigenvalue weighted by Crippen LogP contribution is -2.35. The summed E-state index contributed by atoms with van der Waals surface area (Å²) in [5.74, 6) is 0.775. The van der Waals surface area contributed by atoms with Crippen molar-refractivity contribution < 1.29 is 5.11 Å². The molecule has 0 amide bonds. The van der Waals surface area contributed by atoms with Crippen LogP contribution in [-0.2, 0) is 18.6 Å². The Morgan fingerprint density at radius 2 is 2.22 bits per heavy atom. The van der Waals surface area contributed by atoms with E-state index in [1.54, 1.807) is 6.20 Å². The molecular formula is C15H18N2O. The largest absolute Gasteiger partial charge is 0.377 e. The zero-order valence-corrected chi connectivity index (χ0v) is 10.6. The summed E-state index contributed by atoms with van der Waals surface area (Å²) in [6.07, 6.45) is 6.51. The molecule has 2 aromatic rings. The van der Waals surface area contributed by atoms with Gasteiger partial charge in [0.1, 0.15) is 11.4 Å². The lowest BCUT2D eigenvalue weighted by molar-refractivity contribution is 0.0489. The summed E-state index contributed by atoms with van der Waals surface area (Å²) in [5.41, 5.74) is 1.35. The van der Waals surface area contributed by atoms with Crippen LogP contribution in [0.1, 0.15) is 36.7 Å². The van der Waals surface area contributed by atoms with Gasteiger partial charge in [-0.15, -0.1) is 0 Å². The van der Waals surface area contributed by atoms with E-state index in [9.17, 15) is 5.11 Å². The van der Waals surface area contributed by atoms with Crippen molar-refractivity contribution in [2.24, 2.45) is 0 Å². The van der Waals surface area contributed by atoms with Crippen molar-refractivity contribution in [3.05, 3.63) is 53.6 Å². The van der Waals surface area contributed by atoms with E-state index in [2.05, 4.69) is 18.0 Å². The Hall–Kier alpha value is -1.61. The van der Waals surface area contributed by atoms with Gasteiger partial charge in [0, 0.05) is 18.9 Å². The summed E-state index contributed by atoms with van der Waals surface area (Å²) in [4.78, 5) is 4.39. The van der Waals surface area contributed by atoms with Gasteiger partial charge in [0.25, 0.3) is 0 Å². The normalized spacial score (nSPS) is 22.8. The van der Waals surface area contributed by atoms with Crippen molar-refractivity contribution in [2.75, 3.05) is 0 Å². The standard InChI is InChI=1S/C15H18N2O/c1-2-17-11-10-16-14(17)15(18)9-5-7-12-6-3-4-8-13(12)15/h3-4,6,8,10-11,18H,2,5,7,9H2,1H3. The molecule has 0 saturated heterocycles. The summed E-state index contributed by atoms with van der Waals surface area (Å²) < 4.78 is 2.03. The lowest BCUT2D eigenvalue weighted by atomic mass is 9.78. The predicted molar refractivity (Wildman–Crippen MR) is 70.3 cm³/mol. The monoisotopic (exact) mass is 242 g/mol. The average molecular weight is 242 g/mol. The van der Waals surface area contributed by atoms with Gasteiger partial charge in [0.15, 0.2) is 0 Å². The number of aliphatic hydroxyl groups is 1. The first-order valence-electron chi connectivity index (χ1n) is 6.58. The minimum Gasteiger partial charge on any atom is -0.377 e. The van der Waals surface area contributed by atoms with Gasteiger partial charge in [-0.05, 0) is 37.3 Å². The van der Waals surface area contributed by atoms with Crippen molar-refractivity contribution in [3.8, 4) is 0 Å². The molecule has 1 aliphatic carbocycles. The second-order valence-electron chi connectivity index (χ2n) is 4.91. The van der Waals surface area contributed by atoms with Crippen molar-refractivity contribution in [3.63, 3.8) is 0 Å². The third kappa shape index (κ3) is 1.58. The fourth-order valence-corrected chi connectivity index (χ4v) is 2.97. The van der Waals surface area contributed by atoms with Crippen LogP contribution in [0.15, 0.2) is 36.7 Å². The topological polar surface area (TPSA) is 38.0 Å². The van der Waals surface area contributed by atoms with Crippen LogP contribution in [-0.4, -0.2) is 14.7 Å². The third-order valence-electron chi connectivity index (χ3n) is 3.87. The molecule has 3 rings (SSSR count). The lowest BCUT2D eigenvalue weighted by Gasteiger charge is -2.34. The molecule has 1 aromatic heterocycles. The fourth-order valence-electron chi connectivity index (χ4n) is 2.97. The van der Waals surface area contributed by atoms with Gasteiger partial charge in [-0.25, -0.2) is 4.98 Å². The molecule has 1 aromatic carbocycles. The van der Waals surface area contributed by atoms with Gasteiger partial charge in [0.2, 0.25) is 0 Å². The van der Waals surface area contributed by atoms with Crippen LogP contribution in [0.2, 0.25) is 0 Å². The third-order valence-corrected chi connectivity index (χ3v) is 3.87. The Bertz CT molecular complexity index is 561. The molecule has 0 aliphatic heterocycles. The molecule has 0 fully saturated rings. The van der Waals surface area contributed by atoms with Crippen LogP contribution >= 0.6 is 0 Å². The Morgan fingerprint density at radius 1 is 1.39 bits per heavy atom. The van der Waals surface area contributed by atoms with Gasteiger partial charge >= 0.3 is 0 Å². The molecule has 1 N–H and O–H groups in total. The molecule has 0 spiro atoms. The SMILES string of the molecule is CCn1ccnc1C1(O)CCCc2ccccc21. The van der Waals surface area contributed by atoms with E-state index < -0.39 is 5.60 Å². The number of rotatable bonds is 2. The number of aryl methyl sites for hydroxylation is 2. The maximum atomic E-state index is 11.1. The van der Waals surface area contributed by atoms with Crippen molar-refractivity contribution >= 4 is 0 Å². The molecule has 1 unspecified atom stereocenters. The number of nitrogens with zero attached hydrogens (tertiary/aromatic N) is 2. The molecule has 3 nitrogen and oxygen atoms in total. The first-order chi connectivity index (χ1) is 8.75. The van der Waals surface area contributed by atoms with E-state index in [4.69, 9.17) is 0 Å². The highest BCUT2D eigenvalue weighted by molar-refractivity contribution is 5.39. The number of aromatic nitrogens is 2. The highest BCUT2D eigenvalue weighted by Crippen LogP contribution is 2.39. The van der Waals surface area contributed by atoms with Crippen LogP contribution in [0.25, 0.3) is 0 Å². The van der Waals surface area contributed by atoms with Crippen LogP contribution in [0, 0.1) is 0 Å². The molecule has 3 heteroatoms. The predicted octanol–water partition coefficient (Wildman–Crippen LogP) is 2.48. The molecule has 0 bridgehead atoms. The van der Waals surface area contributed by atoms with E-state index in [0.29, 0.717) is 0 Å². The maximum absolute atomic E-state index is 11.1. The van der Waals surface area contributed by atoms with Crippen molar-refractivity contribution in [1.82, 2.24) is 9.55 Å². The van der Waals surface area contributed by atoms with Crippen molar-refractivity contribution in [1.29, 1.82) is 0 Å². The molecule has 94 valence electrons. The molecular weight excluding hydrogens is 224 g/mol. The second kappa shape index (κ2) is 4.25. The highest BCUT2D eigenvalue weighted by Gasteiger charge is 2.39. The summed E-state index contributed by atoms with van der Waals surface area (Å²) >= 11 is 0. The number of hydrogen-bond acceptors (Lipinski definition) is 2. The van der Waals surface area contributed by atoms with Gasteiger partial charge in [-0.2, -0.15) is 0 Å². The Kier molecular flexibility index (Phi) is 2.71. The zero-order chi connectivity index (χ0) is 12.6. The van der Waals surface area contributed by atoms with E-state index in [-0.39, 0.29) is 0 Å². The van der Waals surface area contributed by atoms with Gasteiger partial charge < -0.3 is 9.67 Å². The summed E-state index contributed by atoms with van der Waals surface area (Å²) in [6.45, 7) is 2.91. The summed E-state index contributed by atoms with van der Waals surface area (Å²) in [7, 11) is 0. The smallest absolute Gasteiger partial charge is 0.147 e. The second-order valence-corrected chi connectivity index (χ2v) is 4.91. The summed E-state index contributed by atoms with van der Waals surface area (Å²) in [5, 5.41) is 11.1. The van der Waals surface area contributed by atoms with E-state index in [1.165, 1.54) is 5.56 Å². The highest BCUT2D eigenvalue weighted by atomic mass is 16.3. The average Bonchev–Trinajstić information content (AvgIpc) is 2.88. The molecule has 0 radical (unpaired) electrons. The number of imidazole rings is 1. The van der Waals surface area contributed by atoms with Crippen molar-refractivity contribution in [2.45, 2.75) is 38.3 Å². The van der Waals surface area contributed by atoms with Crippen LogP contribution in [0.3, 0.4) is 0 Å². The zero-order valence-electron chi connectivity index (χ0n) is 10.6. The van der Waals surface area contributed by atoms with E-state index in [0.717, 1.165) is 37.2 Å². The minimum atomic E-state index is -0.922. The maximum Gasteiger partial charge on any atom is 0.147 e. The Morgan fingerprint density at radius 3 is 3.06 bits per heavy atom. The summed E-state index contributed by atoms with van der Waals surface area (Å²) in [6, 6.07) is 8.17. The fraction of sp³-hybridized carbons (Fsp3) is 0.400. The van der Waals surface area contributed by atoms with Crippen LogP contribution in [0.4, 0.5) is 0 Å². The van der Waals surface area contributed by atoms with Gasteiger partial charge in [0.05, 0.1) is 0 Å². The van der Waals surface area contributed by atoms with E-state index >= 15 is 0 Å². The first kappa shape index (κ1) is 11.5. The number of benzene rings is 1. The number of fused-ring (bicyclic) bond motifs is 1. The molecule has 0 saturated carbocycles.